The van der Waals surface area contributed by atoms with Crippen LogP contribution in [0.2, 0.25) is 0 Å². The lowest BCUT2D eigenvalue weighted by atomic mass is 10.1. The molecular formula is C22H25N3O9S. The fraction of sp³-hybridized carbons (Fsp3) is 0.364. The predicted octanol–water partition coefficient (Wildman–Crippen LogP) is 2.65. The average Bonchev–Trinajstić information content (AvgIpc) is 3.19. The molecule has 12 nitrogen and oxygen atoms in total. The third kappa shape index (κ3) is 5.29. The Labute approximate surface area is 201 Å². The van der Waals surface area contributed by atoms with Crippen LogP contribution >= 0.6 is 0 Å². The Hall–Kier alpha value is -3.87. The van der Waals surface area contributed by atoms with Gasteiger partial charge in [-0.3, -0.25) is 9.55 Å². The Balaban J connectivity index is 2.15. The molecule has 0 spiro atoms. The lowest BCUT2D eigenvalue weighted by Crippen LogP contribution is -2.17. The number of aromatic nitrogens is 3. The van der Waals surface area contributed by atoms with Crippen LogP contribution in [0.25, 0.3) is 11.0 Å². The molecule has 0 atom stereocenters. The number of carbonyl (C=O) groups excluding carboxylic acids is 2. The summed E-state index contributed by atoms with van der Waals surface area (Å²) in [6.07, 6.45) is 0.419. The number of aryl methyl sites for hydroxylation is 1. The number of esters is 1. The van der Waals surface area contributed by atoms with Crippen molar-refractivity contribution in [3.05, 3.63) is 41.2 Å². The van der Waals surface area contributed by atoms with E-state index in [1.165, 1.54) is 44.2 Å². The van der Waals surface area contributed by atoms with Crippen molar-refractivity contribution in [2.75, 3.05) is 27.9 Å². The van der Waals surface area contributed by atoms with Crippen LogP contribution in [0.3, 0.4) is 0 Å². The Kier molecular flexibility index (Phi) is 7.79. The van der Waals surface area contributed by atoms with Crippen LogP contribution in [0.4, 0.5) is 4.79 Å². The molecule has 0 fully saturated rings. The molecule has 3 rings (SSSR count). The zero-order valence-electron chi connectivity index (χ0n) is 19.9. The van der Waals surface area contributed by atoms with Crippen LogP contribution in [0.5, 0.6) is 11.5 Å². The monoisotopic (exact) mass is 507 g/mol. The first kappa shape index (κ1) is 25.7. The van der Waals surface area contributed by atoms with Crippen LogP contribution in [0, 0.1) is 6.92 Å². The first-order valence-electron chi connectivity index (χ1n) is 10.3. The van der Waals surface area contributed by atoms with Gasteiger partial charge in [0.25, 0.3) is 0 Å². The highest BCUT2D eigenvalue weighted by Crippen LogP contribution is 2.32. The second-order valence-electron chi connectivity index (χ2n) is 7.18. The fourth-order valence-corrected chi connectivity index (χ4v) is 4.84. The first-order chi connectivity index (χ1) is 16.7. The topological polar surface area (TPSA) is 145 Å². The molecule has 35 heavy (non-hydrogen) atoms. The van der Waals surface area contributed by atoms with Gasteiger partial charge >= 0.3 is 12.1 Å². The van der Waals surface area contributed by atoms with Gasteiger partial charge in [-0.15, -0.1) is 0 Å². The van der Waals surface area contributed by atoms with Crippen molar-refractivity contribution in [2.45, 2.75) is 31.5 Å². The molecule has 0 saturated carbocycles. The second-order valence-corrected chi connectivity index (χ2v) is 9.06. The normalized spacial score (nSPS) is 11.2. The maximum absolute atomic E-state index is 13.5. The lowest BCUT2D eigenvalue weighted by Gasteiger charge is -2.13. The van der Waals surface area contributed by atoms with Gasteiger partial charge in [-0.25, -0.2) is 23.0 Å². The summed E-state index contributed by atoms with van der Waals surface area (Å²) in [4.78, 5) is 32.3. The Morgan fingerprint density at radius 2 is 1.83 bits per heavy atom. The van der Waals surface area contributed by atoms with Gasteiger partial charge in [0.2, 0.25) is 15.0 Å². The van der Waals surface area contributed by atoms with Crippen LogP contribution in [0.1, 0.15) is 28.5 Å². The number of sulfone groups is 1. The van der Waals surface area contributed by atoms with E-state index in [9.17, 15) is 18.0 Å². The number of nitrogens with zero attached hydrogens (tertiary/aromatic N) is 3. The molecule has 0 N–H and O–H groups in total. The van der Waals surface area contributed by atoms with Crippen molar-refractivity contribution in [3.63, 3.8) is 0 Å². The first-order valence-corrected chi connectivity index (χ1v) is 12.0. The van der Waals surface area contributed by atoms with E-state index in [1.807, 2.05) is 0 Å². The molecule has 1 aromatic carbocycles. The Bertz CT molecular complexity index is 1370. The molecule has 2 aromatic heterocycles. The quantitative estimate of drug-likeness (QED) is 0.394. The van der Waals surface area contributed by atoms with Gasteiger partial charge < -0.3 is 23.7 Å². The van der Waals surface area contributed by atoms with E-state index in [0.29, 0.717) is 16.8 Å². The molecule has 0 aliphatic rings. The third-order valence-electron chi connectivity index (χ3n) is 5.01. The fourth-order valence-electron chi connectivity index (χ4n) is 3.42. The molecule has 0 amide bonds. The van der Waals surface area contributed by atoms with E-state index < -0.39 is 39.6 Å². The minimum absolute atomic E-state index is 0.0809. The number of hydrogen-bond acceptors (Lipinski definition) is 11. The molecule has 188 valence electrons. The summed E-state index contributed by atoms with van der Waals surface area (Å²) < 4.78 is 53.4. The summed E-state index contributed by atoms with van der Waals surface area (Å²) in [5.74, 6) is -0.715. The molecule has 0 unspecified atom stereocenters. The minimum atomic E-state index is -4.17. The van der Waals surface area contributed by atoms with E-state index >= 15 is 0 Å². The summed E-state index contributed by atoms with van der Waals surface area (Å²) in [7, 11) is -0.141. The standard InChI is InChI=1S/C22H25N3O9S/c1-6-33-22(27)34-12-25-17-9-13(2)14(20(26)32-5)10-15(17)24-21(25)35(28,29)11-16-19(31-4)18(30-3)7-8-23-16/h7-10H,6,11-12H2,1-5H3. The number of pyridine rings is 1. The third-order valence-corrected chi connectivity index (χ3v) is 6.53. The van der Waals surface area contributed by atoms with Gasteiger partial charge in [-0.1, -0.05) is 0 Å². The molecule has 3 aromatic rings. The molecule has 0 saturated heterocycles. The largest absolute Gasteiger partial charge is 0.510 e. The Morgan fingerprint density at radius 3 is 2.46 bits per heavy atom. The van der Waals surface area contributed by atoms with Crippen molar-refractivity contribution in [3.8, 4) is 11.5 Å². The van der Waals surface area contributed by atoms with E-state index in [0.717, 1.165) is 0 Å². The predicted molar refractivity (Wildman–Crippen MR) is 122 cm³/mol. The second kappa shape index (κ2) is 10.6. The van der Waals surface area contributed by atoms with Gasteiger partial charge in [-0.05, 0) is 31.5 Å². The van der Waals surface area contributed by atoms with Gasteiger partial charge in [0.05, 0.1) is 44.5 Å². The summed E-state index contributed by atoms with van der Waals surface area (Å²) in [6, 6.07) is 4.52. The minimum Gasteiger partial charge on any atom is -0.493 e. The number of rotatable bonds is 9. The molecular weight excluding hydrogens is 482 g/mol. The number of hydrogen-bond donors (Lipinski definition) is 0. The van der Waals surface area contributed by atoms with Crippen molar-refractivity contribution >= 4 is 33.0 Å². The molecule has 13 heteroatoms. The summed E-state index contributed by atoms with van der Waals surface area (Å²) in [5, 5.41) is -0.398. The molecule has 2 heterocycles. The molecule has 0 aliphatic carbocycles. The van der Waals surface area contributed by atoms with E-state index in [4.69, 9.17) is 23.7 Å². The zero-order valence-corrected chi connectivity index (χ0v) is 20.7. The average molecular weight is 508 g/mol. The molecule has 0 aliphatic heterocycles. The smallest absolute Gasteiger partial charge is 0.493 e. The highest BCUT2D eigenvalue weighted by Gasteiger charge is 2.29. The maximum atomic E-state index is 13.5. The van der Waals surface area contributed by atoms with Gasteiger partial charge in [0.1, 0.15) is 11.4 Å². The van der Waals surface area contributed by atoms with Crippen LogP contribution in [-0.4, -0.2) is 63.0 Å². The SMILES string of the molecule is CCOC(=O)OCn1c(S(=O)(=O)Cc2nccc(OC)c2OC)nc2cc(C(=O)OC)c(C)cc21. The number of methoxy groups -OCH3 is 3. The highest BCUT2D eigenvalue weighted by molar-refractivity contribution is 7.90. The number of benzene rings is 1. The lowest BCUT2D eigenvalue weighted by molar-refractivity contribution is 0.0357. The van der Waals surface area contributed by atoms with Crippen molar-refractivity contribution in [1.29, 1.82) is 0 Å². The van der Waals surface area contributed by atoms with Gasteiger partial charge in [0, 0.05) is 12.3 Å². The van der Waals surface area contributed by atoms with Gasteiger partial charge in [-0.2, -0.15) is 0 Å². The number of imidazole rings is 1. The van der Waals surface area contributed by atoms with E-state index in [-0.39, 0.29) is 29.1 Å². The van der Waals surface area contributed by atoms with E-state index in [2.05, 4.69) is 9.97 Å². The van der Waals surface area contributed by atoms with Crippen LogP contribution in [-0.2, 0) is 36.5 Å². The zero-order chi connectivity index (χ0) is 25.8. The number of fused-ring (bicyclic) bond motifs is 1. The maximum Gasteiger partial charge on any atom is 0.510 e. The molecule has 0 radical (unpaired) electrons. The Morgan fingerprint density at radius 1 is 1.09 bits per heavy atom. The number of carbonyl (C=O) groups is 2. The van der Waals surface area contributed by atoms with Crippen LogP contribution < -0.4 is 9.47 Å². The van der Waals surface area contributed by atoms with Gasteiger partial charge in [0.15, 0.2) is 18.2 Å². The van der Waals surface area contributed by atoms with Crippen molar-refractivity contribution in [2.24, 2.45) is 0 Å². The summed E-state index contributed by atoms with van der Waals surface area (Å²) in [5.41, 5.74) is 1.34. The van der Waals surface area contributed by atoms with Crippen molar-refractivity contribution < 1.29 is 41.7 Å². The molecule has 0 bridgehead atoms. The van der Waals surface area contributed by atoms with E-state index in [1.54, 1.807) is 19.9 Å². The number of ether oxygens (including phenoxy) is 5. The summed E-state index contributed by atoms with van der Waals surface area (Å²) in [6.45, 7) is 2.85. The van der Waals surface area contributed by atoms with Crippen molar-refractivity contribution in [1.82, 2.24) is 14.5 Å². The van der Waals surface area contributed by atoms with Crippen LogP contribution in [0.15, 0.2) is 29.6 Å². The highest BCUT2D eigenvalue weighted by atomic mass is 32.2. The summed E-state index contributed by atoms with van der Waals surface area (Å²) >= 11 is 0.